The van der Waals surface area contributed by atoms with Crippen LogP contribution in [0.15, 0.2) is 6.07 Å². The zero-order valence-corrected chi connectivity index (χ0v) is 8.39. The lowest BCUT2D eigenvalue weighted by molar-refractivity contribution is 0.146. The Bertz CT molecular complexity index is 324. The Balaban J connectivity index is 2.18. The molecule has 1 aromatic heterocycles. The van der Waals surface area contributed by atoms with Gasteiger partial charge in [-0.2, -0.15) is 0 Å². The minimum Gasteiger partial charge on any atom is -0.449 e. The fraction of sp³-hybridized carbons (Fsp3) is 0.444. The number of hydrogen-bond acceptors (Lipinski definition) is 4. The van der Waals surface area contributed by atoms with Crippen LogP contribution in [0.25, 0.3) is 0 Å². The van der Waals surface area contributed by atoms with Gasteiger partial charge in [0.2, 0.25) is 0 Å². The van der Waals surface area contributed by atoms with Crippen molar-refractivity contribution in [2.24, 2.45) is 0 Å². The molecule has 0 aliphatic carbocycles. The quantitative estimate of drug-likeness (QED) is 0.699. The third-order valence-electron chi connectivity index (χ3n) is 2.13. The van der Waals surface area contributed by atoms with Crippen LogP contribution in [-0.2, 0) is 13.0 Å². The van der Waals surface area contributed by atoms with Crippen LogP contribution in [0.1, 0.15) is 16.9 Å². The molecule has 0 atom stereocenters. The van der Waals surface area contributed by atoms with Crippen LogP contribution in [0.5, 0.6) is 5.06 Å². The number of hydrogen-bond donors (Lipinski definition) is 2. The summed E-state index contributed by atoms with van der Waals surface area (Å²) in [5.74, 6) is 0. The average Bonchev–Trinajstić information content (AvgIpc) is 2.34. The highest BCUT2D eigenvalue weighted by molar-refractivity contribution is 7.14. The van der Waals surface area contributed by atoms with Gasteiger partial charge in [0.05, 0.1) is 0 Å². The summed E-state index contributed by atoms with van der Waals surface area (Å²) in [6.07, 6.45) is 0.866. The standard InChI is InChI=1S/C9H11NO3S/c11-9(12)13-8-4-6-5-10-3-1-2-7(6)14-8/h4,10H,1-3,5H2,(H,11,12). The second kappa shape index (κ2) is 3.98. The van der Waals surface area contributed by atoms with Gasteiger partial charge < -0.3 is 15.2 Å². The van der Waals surface area contributed by atoms with Crippen molar-refractivity contribution in [3.63, 3.8) is 0 Å². The largest absolute Gasteiger partial charge is 0.512 e. The van der Waals surface area contributed by atoms with Gasteiger partial charge in [0.15, 0.2) is 5.06 Å². The van der Waals surface area contributed by atoms with Gasteiger partial charge in [0.25, 0.3) is 0 Å². The van der Waals surface area contributed by atoms with Crippen molar-refractivity contribution < 1.29 is 14.6 Å². The minimum atomic E-state index is -1.24. The first kappa shape index (κ1) is 9.48. The molecule has 2 heterocycles. The van der Waals surface area contributed by atoms with Gasteiger partial charge in [0.1, 0.15) is 0 Å². The first-order chi connectivity index (χ1) is 6.75. The van der Waals surface area contributed by atoms with E-state index in [2.05, 4.69) is 10.1 Å². The van der Waals surface area contributed by atoms with Crippen LogP contribution < -0.4 is 10.1 Å². The normalized spacial score (nSPS) is 15.7. The van der Waals surface area contributed by atoms with Gasteiger partial charge in [-0.05, 0) is 31.0 Å². The fourth-order valence-corrected chi connectivity index (χ4v) is 2.60. The van der Waals surface area contributed by atoms with E-state index in [1.165, 1.54) is 21.8 Å². The van der Waals surface area contributed by atoms with Crippen LogP contribution in [0.3, 0.4) is 0 Å². The maximum Gasteiger partial charge on any atom is 0.512 e. The summed E-state index contributed by atoms with van der Waals surface area (Å²) in [6.45, 7) is 1.84. The minimum absolute atomic E-state index is 0.478. The molecular formula is C9H11NO3S. The Morgan fingerprint density at radius 1 is 1.64 bits per heavy atom. The van der Waals surface area contributed by atoms with Crippen molar-refractivity contribution in [1.82, 2.24) is 5.32 Å². The lowest BCUT2D eigenvalue weighted by Gasteiger charge is -1.96. The molecule has 0 amide bonds. The molecule has 2 rings (SSSR count). The third kappa shape index (κ3) is 2.05. The van der Waals surface area contributed by atoms with Crippen LogP contribution >= 0.6 is 11.3 Å². The van der Waals surface area contributed by atoms with E-state index in [9.17, 15) is 4.79 Å². The second-order valence-electron chi connectivity index (χ2n) is 3.16. The summed E-state index contributed by atoms with van der Waals surface area (Å²) in [5, 5.41) is 12.2. The summed E-state index contributed by atoms with van der Waals surface area (Å²) in [4.78, 5) is 11.6. The van der Waals surface area contributed by atoms with Crippen molar-refractivity contribution in [1.29, 1.82) is 0 Å². The van der Waals surface area contributed by atoms with E-state index in [4.69, 9.17) is 5.11 Å². The number of nitrogens with one attached hydrogen (secondary N) is 1. The van der Waals surface area contributed by atoms with Gasteiger partial charge in [-0.25, -0.2) is 4.79 Å². The number of rotatable bonds is 1. The summed E-state index contributed by atoms with van der Waals surface area (Å²) in [7, 11) is 0. The maximum absolute atomic E-state index is 10.3. The molecule has 2 N–H and O–H groups in total. The third-order valence-corrected chi connectivity index (χ3v) is 3.25. The van der Waals surface area contributed by atoms with Crippen molar-refractivity contribution in [2.45, 2.75) is 19.4 Å². The zero-order chi connectivity index (χ0) is 9.97. The molecule has 0 saturated heterocycles. The van der Waals surface area contributed by atoms with Crippen molar-refractivity contribution in [3.05, 3.63) is 16.5 Å². The average molecular weight is 213 g/mol. The first-order valence-corrected chi connectivity index (χ1v) is 5.30. The highest BCUT2D eigenvalue weighted by Crippen LogP contribution is 2.31. The maximum atomic E-state index is 10.3. The predicted molar refractivity (Wildman–Crippen MR) is 53.0 cm³/mol. The molecule has 1 aliphatic heterocycles. The molecule has 0 bridgehead atoms. The number of fused-ring (bicyclic) bond motifs is 1. The molecule has 1 aromatic rings. The molecule has 76 valence electrons. The Morgan fingerprint density at radius 2 is 2.50 bits per heavy atom. The van der Waals surface area contributed by atoms with Gasteiger partial charge in [-0.1, -0.05) is 0 Å². The van der Waals surface area contributed by atoms with E-state index < -0.39 is 6.16 Å². The monoisotopic (exact) mass is 213 g/mol. The van der Waals surface area contributed by atoms with E-state index >= 15 is 0 Å². The number of ether oxygens (including phenoxy) is 1. The van der Waals surface area contributed by atoms with Gasteiger partial charge in [-0.3, -0.25) is 0 Å². The molecule has 0 saturated carbocycles. The first-order valence-electron chi connectivity index (χ1n) is 4.49. The predicted octanol–water partition coefficient (Wildman–Crippen LogP) is 1.84. The topological polar surface area (TPSA) is 58.6 Å². The summed E-state index contributed by atoms with van der Waals surface area (Å²) < 4.78 is 4.62. The Kier molecular flexibility index (Phi) is 2.69. The Morgan fingerprint density at radius 3 is 3.29 bits per heavy atom. The highest BCUT2D eigenvalue weighted by Gasteiger charge is 2.13. The molecule has 0 aromatic carbocycles. The number of aryl methyl sites for hydroxylation is 1. The molecule has 0 fully saturated rings. The number of carboxylic acid groups (broad SMARTS) is 1. The second-order valence-corrected chi connectivity index (χ2v) is 4.26. The zero-order valence-electron chi connectivity index (χ0n) is 7.58. The molecule has 1 aliphatic rings. The smallest absolute Gasteiger partial charge is 0.449 e. The van der Waals surface area contributed by atoms with Gasteiger partial charge in [-0.15, -0.1) is 11.3 Å². The van der Waals surface area contributed by atoms with Gasteiger partial charge in [0, 0.05) is 11.4 Å². The molecule has 5 heteroatoms. The summed E-state index contributed by atoms with van der Waals surface area (Å²) >= 11 is 1.43. The lowest BCUT2D eigenvalue weighted by Crippen LogP contribution is -2.11. The fourth-order valence-electron chi connectivity index (χ4n) is 1.53. The number of thiophene rings is 1. The number of carbonyl (C=O) groups is 1. The molecule has 4 nitrogen and oxygen atoms in total. The SMILES string of the molecule is O=C(O)Oc1cc2c(s1)CCCNC2. The van der Waals surface area contributed by atoms with Crippen LogP contribution in [-0.4, -0.2) is 17.8 Å². The molecule has 0 radical (unpaired) electrons. The van der Waals surface area contributed by atoms with Crippen LogP contribution in [0.4, 0.5) is 4.79 Å². The summed E-state index contributed by atoms with van der Waals surface area (Å²) in [6, 6.07) is 1.81. The van der Waals surface area contributed by atoms with E-state index in [0.717, 1.165) is 25.9 Å². The van der Waals surface area contributed by atoms with E-state index in [-0.39, 0.29) is 0 Å². The van der Waals surface area contributed by atoms with E-state index in [1.54, 1.807) is 0 Å². The highest BCUT2D eigenvalue weighted by atomic mass is 32.1. The lowest BCUT2D eigenvalue weighted by atomic mass is 10.2. The Hall–Kier alpha value is -1.07. The summed E-state index contributed by atoms with van der Waals surface area (Å²) in [5.41, 5.74) is 1.17. The molecule has 0 unspecified atom stereocenters. The van der Waals surface area contributed by atoms with Crippen LogP contribution in [0.2, 0.25) is 0 Å². The van der Waals surface area contributed by atoms with E-state index in [1.807, 2.05) is 6.07 Å². The van der Waals surface area contributed by atoms with Crippen molar-refractivity contribution >= 4 is 17.5 Å². The Labute approximate surface area is 85.5 Å². The molecular weight excluding hydrogens is 202 g/mol. The van der Waals surface area contributed by atoms with Gasteiger partial charge >= 0.3 is 6.16 Å². The van der Waals surface area contributed by atoms with Crippen molar-refractivity contribution in [3.8, 4) is 5.06 Å². The van der Waals surface area contributed by atoms with Crippen LogP contribution in [0, 0.1) is 0 Å². The van der Waals surface area contributed by atoms with E-state index in [0.29, 0.717) is 5.06 Å². The molecule has 14 heavy (non-hydrogen) atoms. The molecule has 0 spiro atoms. The van der Waals surface area contributed by atoms with Crippen molar-refractivity contribution in [2.75, 3.05) is 6.54 Å².